The topological polar surface area (TPSA) is 92.8 Å². The van der Waals surface area contributed by atoms with Crippen molar-refractivity contribution in [1.82, 2.24) is 4.31 Å². The number of hydrogen-bond acceptors (Lipinski definition) is 5. The molecular formula is C26H24Cl2N2O5S. The number of piperidine rings is 1. The lowest BCUT2D eigenvalue weighted by Crippen LogP contribution is -2.41. The van der Waals surface area contributed by atoms with Gasteiger partial charge in [0.1, 0.15) is 5.75 Å². The Morgan fingerprint density at radius 1 is 0.972 bits per heavy atom. The van der Waals surface area contributed by atoms with E-state index < -0.39 is 15.9 Å². The summed E-state index contributed by atoms with van der Waals surface area (Å²) in [6, 6.07) is 17.8. The highest BCUT2D eigenvalue weighted by atomic mass is 35.5. The summed E-state index contributed by atoms with van der Waals surface area (Å²) in [7, 11) is -2.31. The first-order valence-corrected chi connectivity index (χ1v) is 13.4. The molecule has 4 rings (SSSR count). The minimum absolute atomic E-state index is 0.0708. The van der Waals surface area contributed by atoms with Crippen molar-refractivity contribution in [3.05, 3.63) is 87.9 Å². The lowest BCUT2D eigenvalue weighted by atomic mass is 9.96. The molecule has 1 saturated heterocycles. The second kappa shape index (κ2) is 11.0. The van der Waals surface area contributed by atoms with Crippen molar-refractivity contribution in [2.75, 3.05) is 25.5 Å². The summed E-state index contributed by atoms with van der Waals surface area (Å²) >= 11 is 12.2. The van der Waals surface area contributed by atoms with Crippen LogP contribution in [0.15, 0.2) is 71.6 Å². The molecule has 1 fully saturated rings. The van der Waals surface area contributed by atoms with Gasteiger partial charge in [0.2, 0.25) is 15.9 Å². The molecule has 7 nitrogen and oxygen atoms in total. The Morgan fingerprint density at radius 3 is 2.31 bits per heavy atom. The zero-order valence-electron chi connectivity index (χ0n) is 19.4. The molecule has 1 N–H and O–H groups in total. The number of rotatable bonds is 7. The fourth-order valence-corrected chi connectivity index (χ4v) is 6.10. The zero-order chi connectivity index (χ0) is 25.9. The van der Waals surface area contributed by atoms with Gasteiger partial charge < -0.3 is 10.1 Å². The number of ether oxygens (including phenoxy) is 1. The van der Waals surface area contributed by atoms with Crippen LogP contribution >= 0.6 is 23.2 Å². The molecule has 0 aliphatic carbocycles. The Morgan fingerprint density at radius 2 is 1.67 bits per heavy atom. The molecule has 0 spiro atoms. The lowest BCUT2D eigenvalue weighted by molar-refractivity contribution is -0.120. The van der Waals surface area contributed by atoms with Crippen molar-refractivity contribution >= 4 is 50.6 Å². The van der Waals surface area contributed by atoms with Crippen LogP contribution in [0.2, 0.25) is 10.0 Å². The molecule has 0 bridgehead atoms. The van der Waals surface area contributed by atoms with E-state index in [1.807, 2.05) is 6.07 Å². The Labute approximate surface area is 220 Å². The Hall–Kier alpha value is -2.91. The molecule has 1 heterocycles. The molecule has 188 valence electrons. The van der Waals surface area contributed by atoms with Gasteiger partial charge in [-0.2, -0.15) is 4.31 Å². The number of carbonyl (C=O) groups is 2. The minimum atomic E-state index is -3.77. The number of ketones is 1. The van der Waals surface area contributed by atoms with E-state index >= 15 is 0 Å². The number of halogens is 2. The van der Waals surface area contributed by atoms with Crippen LogP contribution < -0.4 is 10.1 Å². The van der Waals surface area contributed by atoms with E-state index in [0.717, 1.165) is 0 Å². The number of nitrogens with zero attached hydrogens (tertiary/aromatic N) is 1. The van der Waals surface area contributed by atoms with Gasteiger partial charge in [-0.1, -0.05) is 53.5 Å². The maximum Gasteiger partial charge on any atom is 0.243 e. The standard InChI is InChI=1S/C26H24Cl2N2O5S/c1-35-24-10-8-20(16-22(24)28)36(33,34)30-13-11-18(12-14-30)26(32)29-23-9-7-19(27)15-21(23)25(31)17-5-3-2-4-6-17/h2-10,15-16,18H,11-14H2,1H3,(H,29,32). The summed E-state index contributed by atoms with van der Waals surface area (Å²) in [5, 5.41) is 3.43. The van der Waals surface area contributed by atoms with Crippen molar-refractivity contribution < 1.29 is 22.7 Å². The summed E-state index contributed by atoms with van der Waals surface area (Å²) in [6.45, 7) is 0.362. The molecule has 3 aromatic rings. The van der Waals surface area contributed by atoms with Crippen molar-refractivity contribution in [2.24, 2.45) is 5.92 Å². The third-order valence-corrected chi connectivity index (χ3v) is 8.53. The molecule has 3 aromatic carbocycles. The van der Waals surface area contributed by atoms with Crippen LogP contribution in [0.25, 0.3) is 0 Å². The molecule has 1 aliphatic heterocycles. The molecule has 0 aromatic heterocycles. The predicted molar refractivity (Wildman–Crippen MR) is 139 cm³/mol. The van der Waals surface area contributed by atoms with Gasteiger partial charge in [0.05, 0.1) is 22.7 Å². The van der Waals surface area contributed by atoms with Crippen LogP contribution in [-0.2, 0) is 14.8 Å². The van der Waals surface area contributed by atoms with E-state index in [1.165, 1.54) is 35.7 Å². The minimum Gasteiger partial charge on any atom is -0.495 e. The van der Waals surface area contributed by atoms with Gasteiger partial charge in [0, 0.05) is 35.2 Å². The van der Waals surface area contributed by atoms with Gasteiger partial charge in [0.25, 0.3) is 0 Å². The van der Waals surface area contributed by atoms with Crippen molar-refractivity contribution in [2.45, 2.75) is 17.7 Å². The molecular weight excluding hydrogens is 523 g/mol. The molecule has 0 saturated carbocycles. The fraction of sp³-hybridized carbons (Fsp3) is 0.231. The van der Waals surface area contributed by atoms with Gasteiger partial charge in [-0.05, 0) is 49.2 Å². The first kappa shape index (κ1) is 26.2. The zero-order valence-corrected chi connectivity index (χ0v) is 21.7. The Bertz CT molecular complexity index is 1390. The van der Waals surface area contributed by atoms with Gasteiger partial charge in [0.15, 0.2) is 5.78 Å². The van der Waals surface area contributed by atoms with Crippen LogP contribution in [0.1, 0.15) is 28.8 Å². The second-order valence-electron chi connectivity index (χ2n) is 8.35. The van der Waals surface area contributed by atoms with E-state index in [-0.39, 0.29) is 34.7 Å². The average molecular weight is 547 g/mol. The van der Waals surface area contributed by atoms with E-state index in [1.54, 1.807) is 36.4 Å². The third kappa shape index (κ3) is 5.57. The number of methoxy groups -OCH3 is 1. The van der Waals surface area contributed by atoms with Crippen LogP contribution in [0.3, 0.4) is 0 Å². The quantitative estimate of drug-likeness (QED) is 0.407. The highest BCUT2D eigenvalue weighted by Crippen LogP contribution is 2.31. The van der Waals surface area contributed by atoms with Crippen LogP contribution in [0.4, 0.5) is 5.69 Å². The molecule has 0 atom stereocenters. The van der Waals surface area contributed by atoms with Crippen LogP contribution in [-0.4, -0.2) is 44.6 Å². The highest BCUT2D eigenvalue weighted by molar-refractivity contribution is 7.89. The average Bonchev–Trinajstić information content (AvgIpc) is 2.89. The second-order valence-corrected chi connectivity index (χ2v) is 11.1. The molecule has 1 amide bonds. The highest BCUT2D eigenvalue weighted by Gasteiger charge is 2.33. The van der Waals surface area contributed by atoms with Crippen LogP contribution in [0.5, 0.6) is 5.75 Å². The van der Waals surface area contributed by atoms with E-state index in [9.17, 15) is 18.0 Å². The first-order valence-electron chi connectivity index (χ1n) is 11.2. The SMILES string of the molecule is COc1ccc(S(=O)(=O)N2CCC(C(=O)Nc3ccc(Cl)cc3C(=O)c3ccccc3)CC2)cc1Cl. The predicted octanol–water partition coefficient (Wildman–Crippen LogP) is 5.27. The van der Waals surface area contributed by atoms with Crippen molar-refractivity contribution in [1.29, 1.82) is 0 Å². The number of sulfonamides is 1. The molecule has 36 heavy (non-hydrogen) atoms. The maximum absolute atomic E-state index is 13.1. The number of amides is 1. The van der Waals surface area contributed by atoms with Crippen LogP contribution in [0, 0.1) is 5.92 Å². The maximum atomic E-state index is 13.1. The Balaban J connectivity index is 1.45. The van der Waals surface area contributed by atoms with Crippen molar-refractivity contribution in [3.8, 4) is 5.75 Å². The normalized spacial score (nSPS) is 14.9. The van der Waals surface area contributed by atoms with E-state index in [0.29, 0.717) is 40.4 Å². The van der Waals surface area contributed by atoms with Gasteiger partial charge in [-0.3, -0.25) is 9.59 Å². The number of carbonyl (C=O) groups excluding carboxylic acids is 2. The first-order chi connectivity index (χ1) is 17.2. The summed E-state index contributed by atoms with van der Waals surface area (Å²) in [6.07, 6.45) is 0.676. The molecule has 1 aliphatic rings. The number of anilines is 1. The third-order valence-electron chi connectivity index (χ3n) is 6.11. The Kier molecular flexibility index (Phi) is 8.00. The smallest absolute Gasteiger partial charge is 0.243 e. The molecule has 0 radical (unpaired) electrons. The number of nitrogens with one attached hydrogen (secondary N) is 1. The van der Waals surface area contributed by atoms with E-state index in [2.05, 4.69) is 5.32 Å². The number of hydrogen-bond donors (Lipinski definition) is 1. The monoisotopic (exact) mass is 546 g/mol. The van der Waals surface area contributed by atoms with Crippen molar-refractivity contribution in [3.63, 3.8) is 0 Å². The fourth-order valence-electron chi connectivity index (χ4n) is 4.11. The summed E-state index contributed by atoms with van der Waals surface area (Å²) in [5.74, 6) is -0.555. The van der Waals surface area contributed by atoms with E-state index in [4.69, 9.17) is 27.9 Å². The van der Waals surface area contributed by atoms with Gasteiger partial charge in [-0.25, -0.2) is 8.42 Å². The van der Waals surface area contributed by atoms with Gasteiger partial charge >= 0.3 is 0 Å². The summed E-state index contributed by atoms with van der Waals surface area (Å²) < 4.78 is 32.6. The molecule has 0 unspecified atom stereocenters. The lowest BCUT2D eigenvalue weighted by Gasteiger charge is -2.30. The summed E-state index contributed by atoms with van der Waals surface area (Å²) in [5.41, 5.74) is 1.13. The molecule has 10 heteroatoms. The largest absolute Gasteiger partial charge is 0.495 e. The van der Waals surface area contributed by atoms with Gasteiger partial charge in [-0.15, -0.1) is 0 Å². The number of benzene rings is 3. The summed E-state index contributed by atoms with van der Waals surface area (Å²) in [4.78, 5) is 26.2.